The van der Waals surface area contributed by atoms with Crippen LogP contribution in [0.3, 0.4) is 0 Å². The molecule has 1 aromatic heterocycles. The Bertz CT molecular complexity index is 746. The number of hydrogen-bond donors (Lipinski definition) is 1. The lowest BCUT2D eigenvalue weighted by atomic mass is 9.95. The molecule has 0 radical (unpaired) electrons. The van der Waals surface area contributed by atoms with Gasteiger partial charge in [0.1, 0.15) is 5.54 Å². The zero-order chi connectivity index (χ0) is 17.2. The highest BCUT2D eigenvalue weighted by atomic mass is 16.5. The minimum atomic E-state index is -0.565. The van der Waals surface area contributed by atoms with E-state index in [0.717, 1.165) is 42.5 Å². The molecular weight excluding hydrogens is 302 g/mol. The van der Waals surface area contributed by atoms with Crippen LogP contribution in [0.25, 0.3) is 10.9 Å². The fourth-order valence-electron chi connectivity index (χ4n) is 3.72. The topological polar surface area (TPSA) is 54.5 Å². The number of pyridine rings is 1. The van der Waals surface area contributed by atoms with E-state index in [1.54, 1.807) is 14.2 Å². The minimum Gasteiger partial charge on any atom is -0.382 e. The van der Waals surface area contributed by atoms with E-state index in [9.17, 15) is 4.79 Å². The monoisotopic (exact) mass is 327 g/mol. The molecule has 2 heterocycles. The molecule has 0 bridgehead atoms. The molecule has 0 saturated carbocycles. The zero-order valence-corrected chi connectivity index (χ0v) is 14.6. The summed E-state index contributed by atoms with van der Waals surface area (Å²) in [7, 11) is 3.35. The van der Waals surface area contributed by atoms with Gasteiger partial charge in [-0.05, 0) is 50.1 Å². The predicted molar refractivity (Wildman–Crippen MR) is 94.8 cm³/mol. The first-order chi connectivity index (χ1) is 11.6. The smallest absolute Gasteiger partial charge is 0.242 e. The highest BCUT2D eigenvalue weighted by Gasteiger charge is 2.46. The SMILES string of the molecule is CNC(=O)C1(COC)CCCN1Cc1ccc2nc(C)ccc2c1. The summed E-state index contributed by atoms with van der Waals surface area (Å²) in [5.41, 5.74) is 2.66. The number of hydrogen-bond acceptors (Lipinski definition) is 4. The first-order valence-electron chi connectivity index (χ1n) is 8.41. The Morgan fingerprint density at radius 1 is 1.38 bits per heavy atom. The van der Waals surface area contributed by atoms with Gasteiger partial charge in [0.05, 0.1) is 12.1 Å². The number of likely N-dealkylation sites (N-methyl/N-ethyl adjacent to an activating group) is 1. The second-order valence-corrected chi connectivity index (χ2v) is 6.55. The number of likely N-dealkylation sites (tertiary alicyclic amines) is 1. The van der Waals surface area contributed by atoms with Crippen LogP contribution in [0, 0.1) is 6.92 Å². The number of aromatic nitrogens is 1. The van der Waals surface area contributed by atoms with E-state index in [1.807, 2.05) is 13.0 Å². The summed E-state index contributed by atoms with van der Waals surface area (Å²) in [4.78, 5) is 19.3. The Hall–Kier alpha value is -1.98. The standard InChI is InChI=1S/C19H25N3O2/c1-14-5-7-16-11-15(6-8-17(16)21-14)12-22-10-4-9-19(22,13-24-3)18(23)20-2/h5-8,11H,4,9-10,12-13H2,1-3H3,(H,20,23). The lowest BCUT2D eigenvalue weighted by Crippen LogP contribution is -2.57. The van der Waals surface area contributed by atoms with Crippen molar-refractivity contribution in [3.63, 3.8) is 0 Å². The number of rotatable bonds is 5. The molecule has 1 amide bonds. The van der Waals surface area contributed by atoms with Crippen LogP contribution in [0.1, 0.15) is 24.1 Å². The first kappa shape index (κ1) is 16.9. The Morgan fingerprint density at radius 2 is 2.21 bits per heavy atom. The number of ether oxygens (including phenoxy) is 1. The summed E-state index contributed by atoms with van der Waals surface area (Å²) in [6, 6.07) is 10.5. The van der Waals surface area contributed by atoms with Gasteiger partial charge in [0, 0.05) is 31.8 Å². The molecule has 1 aliphatic rings. The molecule has 1 aromatic carbocycles. The molecule has 1 fully saturated rings. The van der Waals surface area contributed by atoms with Crippen LogP contribution in [0.4, 0.5) is 0 Å². The van der Waals surface area contributed by atoms with Gasteiger partial charge in [0.2, 0.25) is 5.91 Å². The quantitative estimate of drug-likeness (QED) is 0.915. The van der Waals surface area contributed by atoms with Crippen molar-refractivity contribution in [2.75, 3.05) is 27.3 Å². The second kappa shape index (κ2) is 6.87. The van der Waals surface area contributed by atoms with Gasteiger partial charge in [0.15, 0.2) is 0 Å². The summed E-state index contributed by atoms with van der Waals surface area (Å²) < 4.78 is 5.39. The number of carbonyl (C=O) groups excluding carboxylic acids is 1. The molecule has 0 aliphatic carbocycles. The number of nitrogens with one attached hydrogen (secondary N) is 1. The van der Waals surface area contributed by atoms with Gasteiger partial charge in [-0.3, -0.25) is 14.7 Å². The van der Waals surface area contributed by atoms with E-state index in [4.69, 9.17) is 4.74 Å². The molecule has 1 unspecified atom stereocenters. The first-order valence-corrected chi connectivity index (χ1v) is 8.41. The Balaban J connectivity index is 1.88. The second-order valence-electron chi connectivity index (χ2n) is 6.55. The molecule has 128 valence electrons. The van der Waals surface area contributed by atoms with Gasteiger partial charge < -0.3 is 10.1 Å². The number of nitrogens with zero attached hydrogens (tertiary/aromatic N) is 2. The summed E-state index contributed by atoms with van der Waals surface area (Å²) >= 11 is 0. The summed E-state index contributed by atoms with van der Waals surface area (Å²) in [5.74, 6) is 0.0416. The third-order valence-corrected chi connectivity index (χ3v) is 4.92. The van der Waals surface area contributed by atoms with Gasteiger partial charge in [-0.2, -0.15) is 0 Å². The van der Waals surface area contributed by atoms with E-state index in [2.05, 4.69) is 39.5 Å². The molecule has 3 rings (SSSR count). The van der Waals surface area contributed by atoms with Crippen molar-refractivity contribution in [1.82, 2.24) is 15.2 Å². The Morgan fingerprint density at radius 3 is 2.96 bits per heavy atom. The van der Waals surface area contributed by atoms with Gasteiger partial charge in [-0.1, -0.05) is 12.1 Å². The minimum absolute atomic E-state index is 0.0416. The van der Waals surface area contributed by atoms with Crippen LogP contribution in [0.2, 0.25) is 0 Å². The number of benzene rings is 1. The predicted octanol–water partition coefficient (Wildman–Crippen LogP) is 2.27. The maximum atomic E-state index is 12.5. The van der Waals surface area contributed by atoms with E-state index in [-0.39, 0.29) is 5.91 Å². The molecular formula is C19H25N3O2. The average molecular weight is 327 g/mol. The molecule has 1 saturated heterocycles. The Kier molecular flexibility index (Phi) is 4.83. The molecule has 5 nitrogen and oxygen atoms in total. The van der Waals surface area contributed by atoms with Crippen LogP contribution in [0.15, 0.2) is 30.3 Å². The summed E-state index contributed by atoms with van der Waals surface area (Å²) in [6.45, 7) is 4.06. The lowest BCUT2D eigenvalue weighted by Gasteiger charge is -2.36. The van der Waals surface area contributed by atoms with E-state index in [1.165, 1.54) is 5.56 Å². The van der Waals surface area contributed by atoms with E-state index < -0.39 is 5.54 Å². The molecule has 24 heavy (non-hydrogen) atoms. The third kappa shape index (κ3) is 3.01. The molecule has 1 atom stereocenters. The number of fused-ring (bicyclic) bond motifs is 1. The fourth-order valence-corrected chi connectivity index (χ4v) is 3.72. The largest absolute Gasteiger partial charge is 0.382 e. The highest BCUT2D eigenvalue weighted by Crippen LogP contribution is 2.32. The molecule has 5 heteroatoms. The van der Waals surface area contributed by atoms with Crippen molar-refractivity contribution >= 4 is 16.8 Å². The van der Waals surface area contributed by atoms with Crippen molar-refractivity contribution in [3.8, 4) is 0 Å². The zero-order valence-electron chi connectivity index (χ0n) is 14.6. The van der Waals surface area contributed by atoms with E-state index in [0.29, 0.717) is 6.61 Å². The molecule has 0 spiro atoms. The lowest BCUT2D eigenvalue weighted by molar-refractivity contribution is -0.135. The van der Waals surface area contributed by atoms with Crippen molar-refractivity contribution < 1.29 is 9.53 Å². The molecule has 2 aromatic rings. The molecule has 1 N–H and O–H groups in total. The van der Waals surface area contributed by atoms with Crippen molar-refractivity contribution in [2.45, 2.75) is 31.8 Å². The van der Waals surface area contributed by atoms with Crippen LogP contribution >= 0.6 is 0 Å². The van der Waals surface area contributed by atoms with Crippen LogP contribution < -0.4 is 5.32 Å². The normalized spacial score (nSPS) is 21.3. The van der Waals surface area contributed by atoms with Crippen molar-refractivity contribution in [3.05, 3.63) is 41.6 Å². The van der Waals surface area contributed by atoms with Gasteiger partial charge in [0.25, 0.3) is 0 Å². The number of amides is 1. The van der Waals surface area contributed by atoms with Gasteiger partial charge in [-0.15, -0.1) is 0 Å². The average Bonchev–Trinajstić information content (AvgIpc) is 2.98. The maximum absolute atomic E-state index is 12.5. The maximum Gasteiger partial charge on any atom is 0.242 e. The summed E-state index contributed by atoms with van der Waals surface area (Å²) in [6.07, 6.45) is 1.83. The Labute approximate surface area is 143 Å². The van der Waals surface area contributed by atoms with Crippen molar-refractivity contribution in [1.29, 1.82) is 0 Å². The van der Waals surface area contributed by atoms with Crippen LogP contribution in [0.5, 0.6) is 0 Å². The fraction of sp³-hybridized carbons (Fsp3) is 0.474. The van der Waals surface area contributed by atoms with Crippen LogP contribution in [-0.4, -0.2) is 48.6 Å². The van der Waals surface area contributed by atoms with Crippen LogP contribution in [-0.2, 0) is 16.1 Å². The van der Waals surface area contributed by atoms with Gasteiger partial charge >= 0.3 is 0 Å². The third-order valence-electron chi connectivity index (χ3n) is 4.92. The highest BCUT2D eigenvalue weighted by molar-refractivity contribution is 5.86. The van der Waals surface area contributed by atoms with Gasteiger partial charge in [-0.25, -0.2) is 0 Å². The molecule has 1 aliphatic heterocycles. The number of aryl methyl sites for hydroxylation is 1. The number of carbonyl (C=O) groups is 1. The van der Waals surface area contributed by atoms with Crippen molar-refractivity contribution in [2.24, 2.45) is 0 Å². The summed E-state index contributed by atoms with van der Waals surface area (Å²) in [5, 5.41) is 3.95. The van der Waals surface area contributed by atoms with E-state index >= 15 is 0 Å². The number of methoxy groups -OCH3 is 1.